The Morgan fingerprint density at radius 2 is 1.56 bits per heavy atom. The van der Waals surface area contributed by atoms with Crippen LogP contribution in [0, 0.1) is 11.8 Å². The van der Waals surface area contributed by atoms with Crippen LogP contribution in [0.15, 0.2) is 30.5 Å². The first-order chi connectivity index (χ1) is 17.0. The molecule has 0 spiro atoms. The molecule has 3 amide bonds. The Bertz CT molecular complexity index is 1070. The third kappa shape index (κ3) is 7.30. The first-order valence-electron chi connectivity index (χ1n) is 12.4. The molecule has 10 heteroatoms. The van der Waals surface area contributed by atoms with Crippen LogP contribution >= 0.6 is 0 Å². The standard InChI is InChI=1S/C26H39N5O5/c1-6-14(3)21(27)24(33)31-22(15(4)7-2)25(34)29-16(5)23(32)30-20(26(35)36)12-17-13-28-19-11-9-8-10-18(17)19/h8-11,13-16,20-22,28H,6-7,12,27H2,1-5H3,(H,29,34)(H,30,32)(H,31,33)(H,35,36). The van der Waals surface area contributed by atoms with Crippen molar-refractivity contribution in [2.24, 2.45) is 17.6 Å². The fraction of sp³-hybridized carbons (Fsp3) is 0.538. The number of nitrogens with two attached hydrogens (primary N) is 1. The number of carboxylic acids is 1. The minimum atomic E-state index is -1.19. The van der Waals surface area contributed by atoms with Crippen LogP contribution in [0.5, 0.6) is 0 Å². The number of aromatic nitrogens is 1. The maximum absolute atomic E-state index is 13.0. The van der Waals surface area contributed by atoms with E-state index in [9.17, 15) is 24.3 Å². The van der Waals surface area contributed by atoms with Gasteiger partial charge in [0.05, 0.1) is 6.04 Å². The molecule has 0 saturated carbocycles. The number of carboxylic acid groups (broad SMARTS) is 1. The smallest absolute Gasteiger partial charge is 0.326 e. The van der Waals surface area contributed by atoms with E-state index >= 15 is 0 Å². The summed E-state index contributed by atoms with van der Waals surface area (Å²) in [7, 11) is 0. The van der Waals surface area contributed by atoms with Gasteiger partial charge in [0.1, 0.15) is 18.1 Å². The highest BCUT2D eigenvalue weighted by Crippen LogP contribution is 2.19. The van der Waals surface area contributed by atoms with Gasteiger partial charge >= 0.3 is 5.97 Å². The predicted molar refractivity (Wildman–Crippen MR) is 138 cm³/mol. The first-order valence-corrected chi connectivity index (χ1v) is 12.4. The molecule has 7 N–H and O–H groups in total. The zero-order valence-electron chi connectivity index (χ0n) is 21.6. The Kier molecular flexibility index (Phi) is 10.5. The number of rotatable bonds is 13. The summed E-state index contributed by atoms with van der Waals surface area (Å²) in [6.45, 7) is 8.98. The van der Waals surface area contributed by atoms with Crippen molar-refractivity contribution in [3.05, 3.63) is 36.0 Å². The van der Waals surface area contributed by atoms with Gasteiger partial charge in [0.2, 0.25) is 17.7 Å². The number of aromatic amines is 1. The summed E-state index contributed by atoms with van der Waals surface area (Å²) in [5.41, 5.74) is 7.65. The highest BCUT2D eigenvalue weighted by atomic mass is 16.4. The second-order valence-corrected chi connectivity index (χ2v) is 9.48. The van der Waals surface area contributed by atoms with Crippen molar-refractivity contribution < 1.29 is 24.3 Å². The maximum atomic E-state index is 13.0. The number of H-pyrrole nitrogens is 1. The molecule has 0 saturated heterocycles. The van der Waals surface area contributed by atoms with Crippen molar-refractivity contribution in [2.75, 3.05) is 0 Å². The van der Waals surface area contributed by atoms with E-state index in [1.54, 1.807) is 6.20 Å². The Balaban J connectivity index is 2.06. The summed E-state index contributed by atoms with van der Waals surface area (Å²) >= 11 is 0. The van der Waals surface area contributed by atoms with E-state index in [1.807, 2.05) is 52.0 Å². The van der Waals surface area contributed by atoms with Gasteiger partial charge in [0, 0.05) is 23.5 Å². The summed E-state index contributed by atoms with van der Waals surface area (Å²) in [6, 6.07) is 3.65. The van der Waals surface area contributed by atoms with Gasteiger partial charge in [-0.15, -0.1) is 0 Å². The highest BCUT2D eigenvalue weighted by molar-refractivity contribution is 5.94. The molecule has 2 aromatic rings. The molecule has 1 aromatic carbocycles. The van der Waals surface area contributed by atoms with Crippen LogP contribution in [0.4, 0.5) is 0 Å². The molecule has 1 heterocycles. The largest absolute Gasteiger partial charge is 0.480 e. The summed E-state index contributed by atoms with van der Waals surface area (Å²) in [4.78, 5) is 53.4. The molecule has 0 aliphatic rings. The van der Waals surface area contributed by atoms with Crippen LogP contribution in [0.1, 0.15) is 53.0 Å². The van der Waals surface area contributed by atoms with Crippen LogP contribution < -0.4 is 21.7 Å². The Morgan fingerprint density at radius 3 is 2.17 bits per heavy atom. The summed E-state index contributed by atoms with van der Waals surface area (Å²) < 4.78 is 0. The molecule has 2 rings (SSSR count). The Hall–Kier alpha value is -3.40. The van der Waals surface area contributed by atoms with Gasteiger partial charge in [-0.05, 0) is 30.4 Å². The van der Waals surface area contributed by atoms with Gasteiger partial charge in [-0.25, -0.2) is 4.79 Å². The van der Waals surface area contributed by atoms with E-state index in [-0.39, 0.29) is 18.3 Å². The zero-order chi connectivity index (χ0) is 27.0. The van der Waals surface area contributed by atoms with E-state index in [0.717, 1.165) is 22.9 Å². The summed E-state index contributed by atoms with van der Waals surface area (Å²) in [5, 5.41) is 18.4. The lowest BCUT2D eigenvalue weighted by atomic mass is 9.95. The number of carbonyl (C=O) groups is 4. The molecule has 6 unspecified atom stereocenters. The number of aliphatic carboxylic acids is 1. The SMILES string of the molecule is CCC(C)C(N)C(=O)NC(C(=O)NC(C)C(=O)NC(Cc1c[nH]c2ccccc12)C(=O)O)C(C)CC. The molecule has 198 valence electrons. The van der Waals surface area contributed by atoms with E-state index in [1.165, 1.54) is 6.92 Å². The van der Waals surface area contributed by atoms with E-state index in [4.69, 9.17) is 5.73 Å². The molecule has 36 heavy (non-hydrogen) atoms. The van der Waals surface area contributed by atoms with E-state index in [2.05, 4.69) is 20.9 Å². The summed E-state index contributed by atoms with van der Waals surface area (Å²) in [5.74, 6) is -3.04. The third-order valence-corrected chi connectivity index (χ3v) is 6.82. The van der Waals surface area contributed by atoms with Crippen molar-refractivity contribution >= 4 is 34.6 Å². The predicted octanol–water partition coefficient (Wildman–Crippen LogP) is 1.69. The summed E-state index contributed by atoms with van der Waals surface area (Å²) in [6.07, 6.45) is 3.13. The van der Waals surface area contributed by atoms with Crippen LogP contribution in [-0.2, 0) is 25.6 Å². The number of hydrogen-bond donors (Lipinski definition) is 6. The van der Waals surface area contributed by atoms with Crippen molar-refractivity contribution in [2.45, 2.75) is 78.0 Å². The molecule has 0 fully saturated rings. The monoisotopic (exact) mass is 501 g/mol. The normalized spacial score (nSPS) is 16.3. The van der Waals surface area contributed by atoms with Crippen molar-refractivity contribution in [3.63, 3.8) is 0 Å². The fourth-order valence-corrected chi connectivity index (χ4v) is 3.85. The molecule has 1 aromatic heterocycles. The molecule has 10 nitrogen and oxygen atoms in total. The molecule has 0 radical (unpaired) electrons. The molecule has 0 aliphatic carbocycles. The lowest BCUT2D eigenvalue weighted by Gasteiger charge is -2.28. The fourth-order valence-electron chi connectivity index (χ4n) is 3.85. The van der Waals surface area contributed by atoms with Gasteiger partial charge in [0.15, 0.2) is 0 Å². The van der Waals surface area contributed by atoms with Crippen molar-refractivity contribution in [3.8, 4) is 0 Å². The Labute approximate surface area is 211 Å². The average Bonchev–Trinajstić information content (AvgIpc) is 3.27. The number of carbonyl (C=O) groups excluding carboxylic acids is 3. The Morgan fingerprint density at radius 1 is 0.917 bits per heavy atom. The lowest BCUT2D eigenvalue weighted by Crippen LogP contribution is -2.58. The number of hydrogen-bond acceptors (Lipinski definition) is 5. The maximum Gasteiger partial charge on any atom is 0.326 e. The zero-order valence-corrected chi connectivity index (χ0v) is 21.6. The molecular formula is C26H39N5O5. The van der Waals surface area contributed by atoms with Gasteiger partial charge < -0.3 is 31.8 Å². The average molecular weight is 502 g/mol. The second-order valence-electron chi connectivity index (χ2n) is 9.48. The molecular weight excluding hydrogens is 462 g/mol. The van der Waals surface area contributed by atoms with Crippen LogP contribution in [0.2, 0.25) is 0 Å². The number of para-hydroxylation sites is 1. The molecule has 0 aliphatic heterocycles. The lowest BCUT2D eigenvalue weighted by molar-refractivity contribution is -0.142. The van der Waals surface area contributed by atoms with E-state index in [0.29, 0.717) is 6.42 Å². The second kappa shape index (κ2) is 13.1. The van der Waals surface area contributed by atoms with Gasteiger partial charge in [-0.1, -0.05) is 58.7 Å². The number of fused-ring (bicyclic) bond motifs is 1. The van der Waals surface area contributed by atoms with Crippen LogP contribution in [0.25, 0.3) is 10.9 Å². The van der Waals surface area contributed by atoms with Crippen molar-refractivity contribution in [1.82, 2.24) is 20.9 Å². The number of benzene rings is 1. The minimum absolute atomic E-state index is 0.0551. The number of amides is 3. The molecule has 6 atom stereocenters. The topological polar surface area (TPSA) is 166 Å². The van der Waals surface area contributed by atoms with Gasteiger partial charge in [-0.3, -0.25) is 14.4 Å². The quantitative estimate of drug-likeness (QED) is 0.244. The number of nitrogens with one attached hydrogen (secondary N) is 4. The van der Waals surface area contributed by atoms with Crippen LogP contribution in [0.3, 0.4) is 0 Å². The van der Waals surface area contributed by atoms with Crippen molar-refractivity contribution in [1.29, 1.82) is 0 Å². The first kappa shape index (κ1) is 28.8. The third-order valence-electron chi connectivity index (χ3n) is 6.82. The van der Waals surface area contributed by atoms with Gasteiger partial charge in [-0.2, -0.15) is 0 Å². The molecule has 0 bridgehead atoms. The highest BCUT2D eigenvalue weighted by Gasteiger charge is 2.32. The van der Waals surface area contributed by atoms with Crippen LogP contribution in [-0.4, -0.2) is 57.9 Å². The minimum Gasteiger partial charge on any atom is -0.480 e. The van der Waals surface area contributed by atoms with E-state index < -0.39 is 47.9 Å². The van der Waals surface area contributed by atoms with Gasteiger partial charge in [0.25, 0.3) is 0 Å².